The van der Waals surface area contributed by atoms with E-state index >= 15 is 0 Å². The molecule has 0 atom stereocenters. The Kier molecular flexibility index (Phi) is 4.65. The second-order valence-electron chi connectivity index (χ2n) is 5.18. The van der Waals surface area contributed by atoms with Gasteiger partial charge in [0.25, 0.3) is 0 Å². The Balaban J connectivity index is 1.70. The fourth-order valence-electron chi connectivity index (χ4n) is 2.58. The van der Waals surface area contributed by atoms with Crippen molar-refractivity contribution in [3.05, 3.63) is 63.9 Å². The second kappa shape index (κ2) is 6.67. The Morgan fingerprint density at radius 3 is 2.68 bits per heavy atom. The summed E-state index contributed by atoms with van der Waals surface area (Å²) in [4.78, 5) is 6.61. The molecule has 2 aromatic rings. The van der Waals surface area contributed by atoms with Gasteiger partial charge in [-0.3, -0.25) is 4.99 Å². The van der Waals surface area contributed by atoms with E-state index in [1.165, 1.54) is 6.07 Å². The highest BCUT2D eigenvalue weighted by molar-refractivity contribution is 6.42. The van der Waals surface area contributed by atoms with E-state index in [9.17, 15) is 4.39 Å². The predicted octanol–water partition coefficient (Wildman–Crippen LogP) is 4.98. The van der Waals surface area contributed by atoms with Gasteiger partial charge >= 0.3 is 0 Å². The zero-order valence-electron chi connectivity index (χ0n) is 11.9. The Hall–Kier alpha value is -1.58. The molecule has 0 saturated carbocycles. The molecule has 0 amide bonds. The number of aryl methyl sites for hydroxylation is 1. The third-order valence-corrected chi connectivity index (χ3v) is 4.41. The lowest BCUT2D eigenvalue weighted by atomic mass is 10.1. The van der Waals surface area contributed by atoms with Gasteiger partial charge in [-0.25, -0.2) is 4.39 Å². The van der Waals surface area contributed by atoms with Crippen molar-refractivity contribution in [2.45, 2.75) is 12.8 Å². The summed E-state index contributed by atoms with van der Waals surface area (Å²) in [6.07, 6.45) is 1.61. The molecule has 114 valence electrons. The van der Waals surface area contributed by atoms with Crippen molar-refractivity contribution in [2.75, 3.05) is 18.0 Å². The largest absolute Gasteiger partial charge is 0.328 e. The van der Waals surface area contributed by atoms with Crippen molar-refractivity contribution in [1.29, 1.82) is 0 Å². The van der Waals surface area contributed by atoms with Gasteiger partial charge in [0.15, 0.2) is 0 Å². The van der Waals surface area contributed by atoms with Crippen LogP contribution in [0.5, 0.6) is 0 Å². The van der Waals surface area contributed by atoms with Gasteiger partial charge in [-0.1, -0.05) is 35.3 Å². The van der Waals surface area contributed by atoms with Crippen molar-refractivity contribution in [3.8, 4) is 0 Å². The van der Waals surface area contributed by atoms with Gasteiger partial charge in [-0.2, -0.15) is 0 Å². The highest BCUT2D eigenvalue weighted by atomic mass is 35.5. The topological polar surface area (TPSA) is 15.6 Å². The van der Waals surface area contributed by atoms with Gasteiger partial charge in [0.2, 0.25) is 0 Å². The summed E-state index contributed by atoms with van der Waals surface area (Å²) in [5.74, 6) is 0.755. The molecule has 0 spiro atoms. The number of nitrogens with zero attached hydrogens (tertiary/aromatic N) is 2. The third-order valence-electron chi connectivity index (χ3n) is 3.67. The lowest BCUT2D eigenvalue weighted by molar-refractivity contribution is 0.628. The highest BCUT2D eigenvalue weighted by Crippen LogP contribution is 2.24. The number of benzene rings is 2. The second-order valence-corrected chi connectivity index (χ2v) is 5.99. The van der Waals surface area contributed by atoms with Crippen LogP contribution >= 0.6 is 23.2 Å². The average Bonchev–Trinajstić information content (AvgIpc) is 2.97. The van der Waals surface area contributed by atoms with E-state index in [1.54, 1.807) is 18.2 Å². The fraction of sp³-hybridized carbons (Fsp3) is 0.235. The van der Waals surface area contributed by atoms with E-state index in [2.05, 4.69) is 9.89 Å². The van der Waals surface area contributed by atoms with E-state index in [0.29, 0.717) is 10.0 Å². The van der Waals surface area contributed by atoms with Crippen molar-refractivity contribution in [1.82, 2.24) is 0 Å². The molecule has 1 heterocycles. The smallest absolute Gasteiger partial charge is 0.125 e. The molecule has 0 aromatic heterocycles. The van der Waals surface area contributed by atoms with Crippen molar-refractivity contribution in [2.24, 2.45) is 4.99 Å². The van der Waals surface area contributed by atoms with Gasteiger partial charge in [0, 0.05) is 18.7 Å². The standard InChI is InChI=1S/C17H15Cl2FN2/c18-15-6-4-12(10-16(15)19)5-7-17-21-8-9-22(17)14-3-1-2-13(20)11-14/h1-4,6,10-11H,5,7-9H2. The van der Waals surface area contributed by atoms with E-state index in [0.717, 1.165) is 43.0 Å². The molecular weight excluding hydrogens is 322 g/mol. The number of hydrogen-bond acceptors (Lipinski definition) is 2. The molecule has 0 saturated heterocycles. The molecule has 0 unspecified atom stereocenters. The summed E-state index contributed by atoms with van der Waals surface area (Å²) in [6, 6.07) is 12.3. The van der Waals surface area contributed by atoms with Crippen LogP contribution in [0, 0.1) is 5.82 Å². The minimum Gasteiger partial charge on any atom is -0.328 e. The van der Waals surface area contributed by atoms with E-state index in [4.69, 9.17) is 23.2 Å². The maximum atomic E-state index is 13.4. The van der Waals surface area contributed by atoms with Crippen molar-refractivity contribution >= 4 is 34.7 Å². The average molecular weight is 337 g/mol. The monoisotopic (exact) mass is 336 g/mol. The highest BCUT2D eigenvalue weighted by Gasteiger charge is 2.18. The van der Waals surface area contributed by atoms with Gasteiger partial charge in [-0.05, 0) is 42.3 Å². The van der Waals surface area contributed by atoms with Gasteiger partial charge in [-0.15, -0.1) is 0 Å². The normalized spacial score (nSPS) is 14.3. The van der Waals surface area contributed by atoms with Crippen LogP contribution in [-0.2, 0) is 6.42 Å². The number of amidine groups is 1. The van der Waals surface area contributed by atoms with Crippen LogP contribution in [0.3, 0.4) is 0 Å². The van der Waals surface area contributed by atoms with Gasteiger partial charge < -0.3 is 4.90 Å². The van der Waals surface area contributed by atoms with Crippen LogP contribution in [0.15, 0.2) is 47.5 Å². The van der Waals surface area contributed by atoms with Crippen molar-refractivity contribution < 1.29 is 4.39 Å². The summed E-state index contributed by atoms with van der Waals surface area (Å²) in [7, 11) is 0. The summed E-state index contributed by atoms with van der Waals surface area (Å²) in [5.41, 5.74) is 1.97. The van der Waals surface area contributed by atoms with Crippen LogP contribution < -0.4 is 4.90 Å². The number of anilines is 1. The first-order chi connectivity index (χ1) is 10.6. The molecule has 2 nitrogen and oxygen atoms in total. The van der Waals surface area contributed by atoms with Crippen LogP contribution in [-0.4, -0.2) is 18.9 Å². The molecule has 22 heavy (non-hydrogen) atoms. The fourth-order valence-corrected chi connectivity index (χ4v) is 2.90. The molecule has 0 N–H and O–H groups in total. The Bertz CT molecular complexity index is 716. The Morgan fingerprint density at radius 1 is 1.05 bits per heavy atom. The molecule has 0 fully saturated rings. The number of aliphatic imine (C=N–C) groups is 1. The summed E-state index contributed by atoms with van der Waals surface area (Å²) in [6.45, 7) is 1.54. The molecule has 0 bridgehead atoms. The summed E-state index contributed by atoms with van der Waals surface area (Å²) >= 11 is 12.0. The summed E-state index contributed by atoms with van der Waals surface area (Å²) < 4.78 is 13.4. The molecule has 0 aliphatic carbocycles. The molecule has 5 heteroatoms. The first kappa shape index (κ1) is 15.3. The number of hydrogen-bond donors (Lipinski definition) is 0. The number of halogens is 3. The van der Waals surface area contributed by atoms with E-state index in [1.807, 2.05) is 18.2 Å². The molecular formula is C17H15Cl2FN2. The lowest BCUT2D eigenvalue weighted by Gasteiger charge is -2.20. The van der Waals surface area contributed by atoms with Crippen LogP contribution in [0.1, 0.15) is 12.0 Å². The van der Waals surface area contributed by atoms with Crippen molar-refractivity contribution in [3.63, 3.8) is 0 Å². The number of rotatable bonds is 4. The molecule has 2 aromatic carbocycles. The molecule has 1 aliphatic rings. The van der Waals surface area contributed by atoms with Crippen LogP contribution in [0.4, 0.5) is 10.1 Å². The first-order valence-electron chi connectivity index (χ1n) is 7.14. The Morgan fingerprint density at radius 2 is 1.91 bits per heavy atom. The SMILES string of the molecule is Fc1cccc(N2CCN=C2CCc2ccc(Cl)c(Cl)c2)c1. The van der Waals surface area contributed by atoms with Gasteiger partial charge in [0.1, 0.15) is 11.7 Å². The maximum absolute atomic E-state index is 13.4. The van der Waals surface area contributed by atoms with Crippen LogP contribution in [0.25, 0.3) is 0 Å². The third kappa shape index (κ3) is 3.42. The van der Waals surface area contributed by atoms with E-state index < -0.39 is 0 Å². The maximum Gasteiger partial charge on any atom is 0.125 e. The zero-order valence-corrected chi connectivity index (χ0v) is 13.4. The minimum absolute atomic E-state index is 0.228. The quantitative estimate of drug-likeness (QED) is 0.768. The minimum atomic E-state index is -0.228. The molecule has 3 rings (SSSR count). The molecule has 1 aliphatic heterocycles. The lowest BCUT2D eigenvalue weighted by Crippen LogP contribution is -2.27. The Labute approximate surface area is 139 Å². The molecule has 0 radical (unpaired) electrons. The summed E-state index contributed by atoms with van der Waals surface area (Å²) in [5, 5.41) is 1.12. The van der Waals surface area contributed by atoms with Crippen LogP contribution in [0.2, 0.25) is 10.0 Å². The van der Waals surface area contributed by atoms with E-state index in [-0.39, 0.29) is 5.82 Å². The van der Waals surface area contributed by atoms with Gasteiger partial charge in [0.05, 0.1) is 16.6 Å². The first-order valence-corrected chi connectivity index (χ1v) is 7.89. The predicted molar refractivity (Wildman–Crippen MR) is 90.8 cm³/mol. The zero-order chi connectivity index (χ0) is 15.5.